The van der Waals surface area contributed by atoms with Crippen LogP contribution in [0.5, 0.6) is 11.5 Å². The quantitative estimate of drug-likeness (QED) is 0.269. The van der Waals surface area contributed by atoms with E-state index in [1.807, 2.05) is 47.4 Å². The number of nitrogens with one attached hydrogen (secondary N) is 1. The molecule has 0 saturated carbocycles. The van der Waals surface area contributed by atoms with Crippen LogP contribution in [0.2, 0.25) is 0 Å². The molecule has 1 amide bonds. The zero-order valence-electron chi connectivity index (χ0n) is 21.1. The fourth-order valence-corrected chi connectivity index (χ4v) is 6.10. The molecule has 188 valence electrons. The Hall–Kier alpha value is -5.03. The van der Waals surface area contributed by atoms with Gasteiger partial charge in [0.25, 0.3) is 5.91 Å². The van der Waals surface area contributed by atoms with Gasteiger partial charge in [0.15, 0.2) is 11.5 Å². The molecule has 5 heteroatoms. The predicted molar refractivity (Wildman–Crippen MR) is 152 cm³/mol. The van der Waals surface area contributed by atoms with Crippen molar-refractivity contribution < 1.29 is 14.3 Å². The molecule has 3 heterocycles. The van der Waals surface area contributed by atoms with Crippen molar-refractivity contribution in [2.24, 2.45) is 0 Å². The van der Waals surface area contributed by atoms with Crippen LogP contribution in [-0.2, 0) is 6.54 Å². The van der Waals surface area contributed by atoms with E-state index in [1.165, 1.54) is 10.8 Å². The Labute approximate surface area is 225 Å². The van der Waals surface area contributed by atoms with E-state index < -0.39 is 0 Å². The number of hydrogen-bond acceptors (Lipinski definition) is 3. The Morgan fingerprint density at radius 2 is 1.56 bits per heavy atom. The summed E-state index contributed by atoms with van der Waals surface area (Å²) in [6.07, 6.45) is 0. The molecule has 0 fully saturated rings. The fourth-order valence-electron chi connectivity index (χ4n) is 6.10. The molecule has 0 bridgehead atoms. The Morgan fingerprint density at radius 1 is 0.769 bits per heavy atom. The first-order valence-corrected chi connectivity index (χ1v) is 13.1. The van der Waals surface area contributed by atoms with Gasteiger partial charge >= 0.3 is 0 Å². The van der Waals surface area contributed by atoms with E-state index >= 15 is 0 Å². The van der Waals surface area contributed by atoms with E-state index in [9.17, 15) is 4.79 Å². The zero-order chi connectivity index (χ0) is 25.9. The molecule has 0 saturated heterocycles. The van der Waals surface area contributed by atoms with Crippen molar-refractivity contribution >= 4 is 27.6 Å². The third-order valence-corrected chi connectivity index (χ3v) is 7.91. The van der Waals surface area contributed by atoms with Gasteiger partial charge in [-0.3, -0.25) is 4.79 Å². The van der Waals surface area contributed by atoms with Gasteiger partial charge in [0.2, 0.25) is 6.79 Å². The number of para-hydroxylation sites is 1. The highest BCUT2D eigenvalue weighted by Gasteiger charge is 2.40. The van der Waals surface area contributed by atoms with Gasteiger partial charge < -0.3 is 19.4 Å². The molecular weight excluding hydrogens is 484 g/mol. The third kappa shape index (κ3) is 3.43. The molecule has 6 aromatic rings. The number of fused-ring (bicyclic) bond motifs is 4. The van der Waals surface area contributed by atoms with Crippen LogP contribution >= 0.6 is 0 Å². The second-order valence-electron chi connectivity index (χ2n) is 10.1. The van der Waals surface area contributed by atoms with Gasteiger partial charge in [-0.1, -0.05) is 78.9 Å². The Balaban J connectivity index is 1.33. The first-order valence-electron chi connectivity index (χ1n) is 13.1. The summed E-state index contributed by atoms with van der Waals surface area (Å²) in [5, 5.41) is 3.50. The van der Waals surface area contributed by atoms with Crippen molar-refractivity contribution in [2.75, 3.05) is 6.79 Å². The number of rotatable bonds is 4. The minimum absolute atomic E-state index is 0.0306. The molecule has 0 radical (unpaired) electrons. The molecule has 2 aliphatic rings. The van der Waals surface area contributed by atoms with Crippen LogP contribution in [0.3, 0.4) is 0 Å². The van der Waals surface area contributed by atoms with E-state index in [0.29, 0.717) is 6.54 Å². The highest BCUT2D eigenvalue weighted by Crippen LogP contribution is 2.46. The van der Waals surface area contributed by atoms with Crippen LogP contribution in [0.1, 0.15) is 33.1 Å². The number of amides is 1. The molecule has 2 aliphatic heterocycles. The lowest BCUT2D eigenvalue weighted by atomic mass is 9.92. The van der Waals surface area contributed by atoms with E-state index in [2.05, 4.69) is 71.7 Å². The first kappa shape index (κ1) is 22.0. The van der Waals surface area contributed by atoms with Gasteiger partial charge in [0, 0.05) is 28.6 Å². The Bertz CT molecular complexity index is 1920. The standard InChI is InChI=1S/C34H24N2O3/c37-34-26-10-4-3-9-25(26)33(36(34)19-21-13-16-29-30(17-21)39-20-38-29)31-27-11-5-6-12-28(27)35-32(31)24-15-14-22-7-1-2-8-23(22)18-24/h1-18,33,35H,19-20H2/t33-/m1/s1. The van der Waals surface area contributed by atoms with Crippen molar-refractivity contribution in [3.05, 3.63) is 131 Å². The van der Waals surface area contributed by atoms with E-state index in [0.717, 1.165) is 55.9 Å². The van der Waals surface area contributed by atoms with Crippen LogP contribution in [0.4, 0.5) is 0 Å². The van der Waals surface area contributed by atoms with Gasteiger partial charge in [-0.15, -0.1) is 0 Å². The number of carbonyl (C=O) groups is 1. The number of H-pyrrole nitrogens is 1. The maximum absolute atomic E-state index is 14.0. The van der Waals surface area contributed by atoms with Gasteiger partial charge in [-0.25, -0.2) is 0 Å². The SMILES string of the molecule is O=C1c2ccccc2[C@H](c2c(-c3ccc4ccccc4c3)[nH]c3ccccc23)N1Cc1ccc2c(c1)OCO2. The van der Waals surface area contributed by atoms with Crippen molar-refractivity contribution in [3.63, 3.8) is 0 Å². The summed E-state index contributed by atoms with van der Waals surface area (Å²) in [5.41, 5.74) is 7.06. The molecule has 1 N–H and O–H groups in total. The lowest BCUT2D eigenvalue weighted by Crippen LogP contribution is -2.28. The molecule has 1 aromatic heterocycles. The molecule has 0 aliphatic carbocycles. The van der Waals surface area contributed by atoms with Crippen LogP contribution < -0.4 is 9.47 Å². The number of hydrogen-bond donors (Lipinski definition) is 1. The second kappa shape index (κ2) is 8.50. The van der Waals surface area contributed by atoms with Crippen LogP contribution in [-0.4, -0.2) is 22.6 Å². The van der Waals surface area contributed by atoms with Crippen molar-refractivity contribution in [1.82, 2.24) is 9.88 Å². The summed E-state index contributed by atoms with van der Waals surface area (Å²) >= 11 is 0. The number of carbonyl (C=O) groups excluding carboxylic acids is 1. The maximum Gasteiger partial charge on any atom is 0.255 e. The summed E-state index contributed by atoms with van der Waals surface area (Å²) in [7, 11) is 0. The van der Waals surface area contributed by atoms with Gasteiger partial charge in [0.05, 0.1) is 11.7 Å². The zero-order valence-corrected chi connectivity index (χ0v) is 21.1. The summed E-state index contributed by atoms with van der Waals surface area (Å²) in [6.45, 7) is 0.672. The minimum Gasteiger partial charge on any atom is -0.454 e. The minimum atomic E-state index is -0.253. The average Bonchev–Trinajstić information content (AvgIpc) is 3.67. The molecule has 39 heavy (non-hydrogen) atoms. The largest absolute Gasteiger partial charge is 0.454 e. The summed E-state index contributed by atoms with van der Waals surface area (Å²) in [6, 6.07) is 37.0. The van der Waals surface area contributed by atoms with Crippen molar-refractivity contribution in [1.29, 1.82) is 0 Å². The smallest absolute Gasteiger partial charge is 0.255 e. The summed E-state index contributed by atoms with van der Waals surface area (Å²) in [4.78, 5) is 19.7. The highest BCUT2D eigenvalue weighted by atomic mass is 16.7. The normalized spacial score (nSPS) is 15.8. The van der Waals surface area contributed by atoms with Crippen LogP contribution in [0.25, 0.3) is 32.9 Å². The molecule has 0 unspecified atom stereocenters. The van der Waals surface area contributed by atoms with Crippen molar-refractivity contribution in [3.8, 4) is 22.8 Å². The predicted octanol–water partition coefficient (Wildman–Crippen LogP) is 7.46. The van der Waals surface area contributed by atoms with E-state index in [4.69, 9.17) is 9.47 Å². The maximum atomic E-state index is 14.0. The third-order valence-electron chi connectivity index (χ3n) is 7.91. The summed E-state index contributed by atoms with van der Waals surface area (Å²) < 4.78 is 11.1. The van der Waals surface area contributed by atoms with E-state index in [-0.39, 0.29) is 18.7 Å². The molecule has 5 aromatic carbocycles. The van der Waals surface area contributed by atoms with Gasteiger partial charge in [0.1, 0.15) is 0 Å². The van der Waals surface area contributed by atoms with Crippen LogP contribution in [0, 0.1) is 0 Å². The van der Waals surface area contributed by atoms with Gasteiger partial charge in [-0.2, -0.15) is 0 Å². The molecular formula is C34H24N2O3. The van der Waals surface area contributed by atoms with Crippen molar-refractivity contribution in [2.45, 2.75) is 12.6 Å². The lowest BCUT2D eigenvalue weighted by Gasteiger charge is -2.27. The van der Waals surface area contributed by atoms with Crippen LogP contribution in [0.15, 0.2) is 109 Å². The second-order valence-corrected chi connectivity index (χ2v) is 10.1. The number of aromatic nitrogens is 1. The number of benzene rings is 5. The monoisotopic (exact) mass is 508 g/mol. The number of aromatic amines is 1. The average molecular weight is 509 g/mol. The molecule has 5 nitrogen and oxygen atoms in total. The lowest BCUT2D eigenvalue weighted by molar-refractivity contribution is 0.0737. The molecule has 0 spiro atoms. The summed E-state index contributed by atoms with van der Waals surface area (Å²) in [5.74, 6) is 1.49. The fraction of sp³-hybridized carbons (Fsp3) is 0.0882. The highest BCUT2D eigenvalue weighted by molar-refractivity contribution is 6.02. The van der Waals surface area contributed by atoms with E-state index in [1.54, 1.807) is 0 Å². The van der Waals surface area contributed by atoms with Gasteiger partial charge in [-0.05, 0) is 57.8 Å². The Morgan fingerprint density at radius 3 is 2.51 bits per heavy atom. The number of ether oxygens (including phenoxy) is 2. The molecule has 8 rings (SSSR count). The topological polar surface area (TPSA) is 54.6 Å². The molecule has 1 atom stereocenters. The number of nitrogens with zero attached hydrogens (tertiary/aromatic N) is 1. The Kier molecular flexibility index (Phi) is 4.79. The first-order chi connectivity index (χ1) is 19.2.